The van der Waals surface area contributed by atoms with E-state index in [0.29, 0.717) is 14.9 Å². The fourth-order valence-electron chi connectivity index (χ4n) is 2.02. The standard InChI is InChI=1S/C15H8BrNO3S3/c16-12-5-8(7-22-12)4-11-13(18)17(15(21)23-11)10-3-1-2-9(6-10)14(19)20/h1-7H,(H,19,20)/b11-4-. The number of amides is 1. The first-order chi connectivity index (χ1) is 11.0. The van der Waals surface area contributed by atoms with Crippen LogP contribution < -0.4 is 4.90 Å². The number of halogens is 1. The van der Waals surface area contributed by atoms with Gasteiger partial charge in [-0.25, -0.2) is 4.79 Å². The van der Waals surface area contributed by atoms with Crippen molar-refractivity contribution in [3.05, 3.63) is 55.5 Å². The molecule has 0 radical (unpaired) electrons. The molecule has 1 aliphatic rings. The van der Waals surface area contributed by atoms with E-state index in [2.05, 4.69) is 15.9 Å². The van der Waals surface area contributed by atoms with Gasteiger partial charge in [-0.05, 0) is 57.2 Å². The number of thioether (sulfide) groups is 1. The van der Waals surface area contributed by atoms with Crippen molar-refractivity contribution in [2.24, 2.45) is 0 Å². The number of nitrogens with zero attached hydrogens (tertiary/aromatic N) is 1. The minimum atomic E-state index is -1.05. The number of carbonyl (C=O) groups excluding carboxylic acids is 1. The average Bonchev–Trinajstić information content (AvgIpc) is 3.03. The molecule has 1 amide bonds. The fourth-order valence-corrected chi connectivity index (χ4v) is 4.45. The smallest absolute Gasteiger partial charge is 0.335 e. The molecule has 1 saturated heterocycles. The molecule has 8 heteroatoms. The maximum absolute atomic E-state index is 12.6. The van der Waals surface area contributed by atoms with Crippen LogP contribution in [0, 0.1) is 0 Å². The maximum atomic E-state index is 12.6. The third-order valence-corrected chi connectivity index (χ3v) is 5.86. The van der Waals surface area contributed by atoms with E-state index >= 15 is 0 Å². The SMILES string of the molecule is O=C(O)c1cccc(N2C(=O)/C(=C/c3csc(Br)c3)SC2=S)c1. The van der Waals surface area contributed by atoms with Gasteiger partial charge in [0.15, 0.2) is 4.32 Å². The van der Waals surface area contributed by atoms with Gasteiger partial charge in [0.05, 0.1) is 19.9 Å². The lowest BCUT2D eigenvalue weighted by atomic mass is 10.2. The highest BCUT2D eigenvalue weighted by Gasteiger charge is 2.33. The summed E-state index contributed by atoms with van der Waals surface area (Å²) >= 11 is 11.4. The molecule has 1 aliphatic heterocycles. The highest BCUT2D eigenvalue weighted by molar-refractivity contribution is 9.11. The molecule has 0 atom stereocenters. The van der Waals surface area contributed by atoms with Gasteiger partial charge in [0.1, 0.15) is 0 Å². The molecule has 0 aliphatic carbocycles. The lowest BCUT2D eigenvalue weighted by Crippen LogP contribution is -2.27. The number of carboxylic acid groups (broad SMARTS) is 1. The highest BCUT2D eigenvalue weighted by atomic mass is 79.9. The number of thiocarbonyl (C=S) groups is 1. The molecule has 2 aromatic rings. The summed E-state index contributed by atoms with van der Waals surface area (Å²) in [5.74, 6) is -1.29. The van der Waals surface area contributed by atoms with Crippen molar-refractivity contribution in [2.45, 2.75) is 0 Å². The van der Waals surface area contributed by atoms with Gasteiger partial charge < -0.3 is 5.11 Å². The topological polar surface area (TPSA) is 57.6 Å². The first-order valence-corrected chi connectivity index (χ1v) is 9.21. The highest BCUT2D eigenvalue weighted by Crippen LogP contribution is 2.37. The van der Waals surface area contributed by atoms with E-state index in [4.69, 9.17) is 17.3 Å². The van der Waals surface area contributed by atoms with Gasteiger partial charge in [-0.1, -0.05) is 30.0 Å². The van der Waals surface area contributed by atoms with Crippen LogP contribution in [0.3, 0.4) is 0 Å². The second kappa shape index (κ2) is 6.56. The Hall–Kier alpha value is -1.48. The number of aromatic carboxylic acids is 1. The first kappa shape index (κ1) is 16.4. The zero-order valence-corrected chi connectivity index (χ0v) is 15.4. The van der Waals surface area contributed by atoms with Crippen LogP contribution in [0.5, 0.6) is 0 Å². The summed E-state index contributed by atoms with van der Waals surface area (Å²) in [6.45, 7) is 0. The molecule has 2 heterocycles. The summed E-state index contributed by atoms with van der Waals surface area (Å²) in [6.07, 6.45) is 1.78. The number of rotatable bonds is 3. The number of hydrogen-bond donors (Lipinski definition) is 1. The first-order valence-electron chi connectivity index (χ1n) is 6.31. The fraction of sp³-hybridized carbons (Fsp3) is 0. The van der Waals surface area contributed by atoms with Gasteiger partial charge >= 0.3 is 5.97 Å². The Morgan fingerprint density at radius 2 is 2.13 bits per heavy atom. The average molecular weight is 426 g/mol. The molecule has 1 aromatic heterocycles. The quantitative estimate of drug-likeness (QED) is 0.574. The molecule has 1 fully saturated rings. The molecule has 23 heavy (non-hydrogen) atoms. The van der Waals surface area contributed by atoms with Crippen molar-refractivity contribution >= 4 is 79.2 Å². The van der Waals surface area contributed by atoms with Crippen LogP contribution in [0.2, 0.25) is 0 Å². The maximum Gasteiger partial charge on any atom is 0.335 e. The van der Waals surface area contributed by atoms with E-state index in [9.17, 15) is 9.59 Å². The number of thiophene rings is 1. The summed E-state index contributed by atoms with van der Waals surface area (Å²) in [5, 5.41) is 11.0. The lowest BCUT2D eigenvalue weighted by Gasteiger charge is -2.14. The second-order valence-corrected chi connectivity index (χ2v) is 8.52. The lowest BCUT2D eigenvalue weighted by molar-refractivity contribution is -0.113. The van der Waals surface area contributed by atoms with Crippen molar-refractivity contribution in [1.82, 2.24) is 0 Å². The van der Waals surface area contributed by atoms with Gasteiger partial charge in [0.25, 0.3) is 5.91 Å². The number of carbonyl (C=O) groups is 2. The molecule has 0 unspecified atom stereocenters. The summed E-state index contributed by atoms with van der Waals surface area (Å²) < 4.78 is 1.37. The zero-order chi connectivity index (χ0) is 16.6. The number of carboxylic acids is 1. The predicted molar refractivity (Wildman–Crippen MR) is 101 cm³/mol. The Morgan fingerprint density at radius 3 is 2.78 bits per heavy atom. The summed E-state index contributed by atoms with van der Waals surface area (Å²) in [6, 6.07) is 8.10. The zero-order valence-electron chi connectivity index (χ0n) is 11.4. The van der Waals surface area contributed by atoms with Crippen LogP contribution in [-0.4, -0.2) is 21.3 Å². The van der Waals surface area contributed by atoms with E-state index < -0.39 is 5.97 Å². The molecular weight excluding hydrogens is 418 g/mol. The summed E-state index contributed by atoms with van der Waals surface area (Å²) in [7, 11) is 0. The van der Waals surface area contributed by atoms with Crippen molar-refractivity contribution in [1.29, 1.82) is 0 Å². The largest absolute Gasteiger partial charge is 0.478 e. The van der Waals surface area contributed by atoms with Gasteiger partial charge in [0.2, 0.25) is 0 Å². The van der Waals surface area contributed by atoms with Gasteiger partial charge in [0, 0.05) is 0 Å². The molecule has 0 saturated carbocycles. The minimum absolute atomic E-state index is 0.113. The van der Waals surface area contributed by atoms with Crippen LogP contribution in [0.4, 0.5) is 5.69 Å². The third kappa shape index (κ3) is 3.40. The van der Waals surface area contributed by atoms with Crippen molar-refractivity contribution in [2.75, 3.05) is 4.90 Å². The van der Waals surface area contributed by atoms with Crippen LogP contribution in [0.1, 0.15) is 15.9 Å². The Balaban J connectivity index is 1.94. The van der Waals surface area contributed by atoms with Gasteiger partial charge in [-0.15, -0.1) is 11.3 Å². The van der Waals surface area contributed by atoms with Crippen molar-refractivity contribution < 1.29 is 14.7 Å². The molecule has 4 nitrogen and oxygen atoms in total. The van der Waals surface area contributed by atoms with E-state index in [1.165, 1.54) is 40.1 Å². The molecule has 1 aromatic carbocycles. The van der Waals surface area contributed by atoms with Crippen LogP contribution >= 0.6 is 51.2 Å². The molecular formula is C15H8BrNO3S3. The third-order valence-electron chi connectivity index (χ3n) is 3.03. The monoisotopic (exact) mass is 425 g/mol. The molecule has 116 valence electrons. The van der Waals surface area contributed by atoms with E-state index in [0.717, 1.165) is 9.35 Å². The number of anilines is 1. The molecule has 0 bridgehead atoms. The predicted octanol–water partition coefficient (Wildman–Crippen LogP) is 4.61. The summed E-state index contributed by atoms with van der Waals surface area (Å²) in [4.78, 5) is 25.6. The second-order valence-electron chi connectivity index (χ2n) is 4.56. The molecule has 0 spiro atoms. The Morgan fingerprint density at radius 1 is 1.35 bits per heavy atom. The van der Waals surface area contributed by atoms with Crippen LogP contribution in [-0.2, 0) is 4.79 Å². The minimum Gasteiger partial charge on any atom is -0.478 e. The van der Waals surface area contributed by atoms with Gasteiger partial charge in [-0.2, -0.15) is 0 Å². The summed E-state index contributed by atoms with van der Waals surface area (Å²) in [5.41, 5.74) is 1.49. The van der Waals surface area contributed by atoms with E-state index in [-0.39, 0.29) is 11.5 Å². The van der Waals surface area contributed by atoms with Crippen LogP contribution in [0.15, 0.2) is 44.4 Å². The number of hydrogen-bond acceptors (Lipinski definition) is 5. The van der Waals surface area contributed by atoms with Crippen LogP contribution in [0.25, 0.3) is 6.08 Å². The van der Waals surface area contributed by atoms with Gasteiger partial charge in [-0.3, -0.25) is 9.69 Å². The Kier molecular flexibility index (Phi) is 4.67. The van der Waals surface area contributed by atoms with Crippen molar-refractivity contribution in [3.63, 3.8) is 0 Å². The van der Waals surface area contributed by atoms with E-state index in [1.807, 2.05) is 11.4 Å². The van der Waals surface area contributed by atoms with Crippen molar-refractivity contribution in [3.8, 4) is 0 Å². The Labute approximate surface area is 153 Å². The molecule has 3 rings (SSSR count). The van der Waals surface area contributed by atoms with E-state index in [1.54, 1.807) is 18.2 Å². The normalized spacial score (nSPS) is 16.4. The molecule has 1 N–H and O–H groups in total. The Bertz CT molecular complexity index is 859. The number of benzene rings is 1.